The molecule has 2 aromatic rings. The van der Waals surface area contributed by atoms with Gasteiger partial charge in [0.1, 0.15) is 0 Å². The number of hydrogen-bond acceptors (Lipinski definition) is 5. The molecule has 140 valence electrons. The van der Waals surface area contributed by atoms with Crippen molar-refractivity contribution >= 4 is 0 Å². The molecule has 2 aliphatic rings. The van der Waals surface area contributed by atoms with Crippen molar-refractivity contribution in [2.45, 2.75) is 32.5 Å². The third-order valence-electron chi connectivity index (χ3n) is 5.36. The lowest BCUT2D eigenvalue weighted by Crippen LogP contribution is -2.35. The molecule has 4 heterocycles. The van der Waals surface area contributed by atoms with Gasteiger partial charge in [-0.2, -0.15) is 0 Å². The molecule has 0 N–H and O–H groups in total. The van der Waals surface area contributed by atoms with Crippen LogP contribution in [-0.2, 0) is 29.2 Å². The van der Waals surface area contributed by atoms with Crippen LogP contribution >= 0.6 is 0 Å². The van der Waals surface area contributed by atoms with Crippen LogP contribution in [0.5, 0.6) is 0 Å². The zero-order valence-electron chi connectivity index (χ0n) is 15.3. The van der Waals surface area contributed by atoms with E-state index in [-0.39, 0.29) is 0 Å². The van der Waals surface area contributed by atoms with Crippen LogP contribution in [0.1, 0.15) is 24.1 Å². The maximum atomic E-state index is 6.02. The highest BCUT2D eigenvalue weighted by molar-refractivity contribution is 5.06. The summed E-state index contributed by atoms with van der Waals surface area (Å²) in [5.41, 5.74) is 2.44. The molecule has 0 radical (unpaired) electrons. The van der Waals surface area contributed by atoms with E-state index in [0.29, 0.717) is 12.5 Å². The van der Waals surface area contributed by atoms with Crippen molar-refractivity contribution in [1.82, 2.24) is 19.4 Å². The van der Waals surface area contributed by atoms with Crippen molar-refractivity contribution in [2.24, 2.45) is 11.8 Å². The predicted octanol–water partition coefficient (Wildman–Crippen LogP) is 2.35. The molecule has 1 unspecified atom stereocenters. The molecule has 1 saturated heterocycles. The number of pyridine rings is 1. The molecule has 6 heteroatoms. The van der Waals surface area contributed by atoms with E-state index >= 15 is 0 Å². The summed E-state index contributed by atoms with van der Waals surface area (Å²) in [4.78, 5) is 11.1. The van der Waals surface area contributed by atoms with Gasteiger partial charge in [-0.15, -0.1) is 0 Å². The fourth-order valence-corrected chi connectivity index (χ4v) is 4.00. The first-order valence-corrected chi connectivity index (χ1v) is 9.62. The molecule has 4 rings (SSSR count). The van der Waals surface area contributed by atoms with Crippen LogP contribution in [0.15, 0.2) is 37.1 Å². The van der Waals surface area contributed by atoms with Gasteiger partial charge in [0, 0.05) is 63.9 Å². The van der Waals surface area contributed by atoms with E-state index in [2.05, 4.69) is 25.5 Å². The molecule has 0 bridgehead atoms. The standard InChI is InChI=1S/C20H28N4O2/c1-2-18(8-21-5-1)14-26-15-19-11-23(10-17-3-6-25-7-4-17)13-20-9-22-16-24(20)12-19/h1-2,5,8-9,16-17,19H,3-4,6-7,10-15H2. The van der Waals surface area contributed by atoms with Crippen LogP contribution in [0.3, 0.4) is 0 Å². The fourth-order valence-electron chi connectivity index (χ4n) is 4.00. The van der Waals surface area contributed by atoms with Crippen LogP contribution in [0.2, 0.25) is 0 Å². The van der Waals surface area contributed by atoms with E-state index in [9.17, 15) is 0 Å². The fraction of sp³-hybridized carbons (Fsp3) is 0.600. The van der Waals surface area contributed by atoms with E-state index in [4.69, 9.17) is 9.47 Å². The molecule has 0 saturated carbocycles. The maximum absolute atomic E-state index is 6.02. The predicted molar refractivity (Wildman–Crippen MR) is 98.4 cm³/mol. The highest BCUT2D eigenvalue weighted by atomic mass is 16.5. The Balaban J connectivity index is 1.35. The summed E-state index contributed by atoms with van der Waals surface area (Å²) in [7, 11) is 0. The highest BCUT2D eigenvalue weighted by Crippen LogP contribution is 2.22. The average Bonchev–Trinajstić information content (AvgIpc) is 3.03. The first kappa shape index (κ1) is 17.6. The second-order valence-corrected chi connectivity index (χ2v) is 7.53. The SMILES string of the molecule is c1cncc(COCC2CN(CC3CCOCC3)Cc3cncn3C2)c1. The number of imidazole rings is 1. The minimum atomic E-state index is 0.474. The van der Waals surface area contributed by atoms with Crippen LogP contribution in [0.4, 0.5) is 0 Å². The Hall–Kier alpha value is -1.76. The highest BCUT2D eigenvalue weighted by Gasteiger charge is 2.25. The van der Waals surface area contributed by atoms with E-state index in [0.717, 1.165) is 57.5 Å². The minimum absolute atomic E-state index is 0.474. The molecule has 0 amide bonds. The lowest BCUT2D eigenvalue weighted by Gasteiger charge is -2.30. The number of nitrogens with zero attached hydrogens (tertiary/aromatic N) is 4. The van der Waals surface area contributed by atoms with Gasteiger partial charge in [0.25, 0.3) is 0 Å². The van der Waals surface area contributed by atoms with E-state index in [1.165, 1.54) is 18.5 Å². The Morgan fingerprint density at radius 3 is 2.88 bits per heavy atom. The molecule has 6 nitrogen and oxygen atoms in total. The number of fused-ring (bicyclic) bond motifs is 1. The number of aromatic nitrogens is 3. The average molecular weight is 356 g/mol. The summed E-state index contributed by atoms with van der Waals surface area (Å²) in [5, 5.41) is 0. The Kier molecular flexibility index (Phi) is 5.94. The van der Waals surface area contributed by atoms with Gasteiger partial charge in [-0.25, -0.2) is 4.98 Å². The Morgan fingerprint density at radius 1 is 1.12 bits per heavy atom. The molecule has 2 aromatic heterocycles. The van der Waals surface area contributed by atoms with Gasteiger partial charge < -0.3 is 14.0 Å². The zero-order chi connectivity index (χ0) is 17.6. The molecule has 26 heavy (non-hydrogen) atoms. The summed E-state index contributed by atoms with van der Waals surface area (Å²) in [6, 6.07) is 4.02. The van der Waals surface area contributed by atoms with Crippen molar-refractivity contribution in [3.05, 3.63) is 48.3 Å². The molecule has 1 atom stereocenters. The lowest BCUT2D eigenvalue weighted by molar-refractivity contribution is 0.0392. The maximum Gasteiger partial charge on any atom is 0.0948 e. The van der Waals surface area contributed by atoms with Crippen LogP contribution in [0.25, 0.3) is 0 Å². The molecule has 1 fully saturated rings. The molecular weight excluding hydrogens is 328 g/mol. The molecule has 2 aliphatic heterocycles. The second-order valence-electron chi connectivity index (χ2n) is 7.53. The van der Waals surface area contributed by atoms with Gasteiger partial charge in [-0.05, 0) is 30.4 Å². The van der Waals surface area contributed by atoms with Crippen LogP contribution < -0.4 is 0 Å². The summed E-state index contributed by atoms with van der Waals surface area (Å²) >= 11 is 0. The number of rotatable bonds is 6. The molecule has 0 spiro atoms. The summed E-state index contributed by atoms with van der Waals surface area (Å²) < 4.78 is 13.8. The molecule has 0 aliphatic carbocycles. The first-order chi connectivity index (χ1) is 12.9. The van der Waals surface area contributed by atoms with Gasteiger partial charge in [-0.3, -0.25) is 9.88 Å². The Morgan fingerprint density at radius 2 is 2.04 bits per heavy atom. The van der Waals surface area contributed by atoms with Crippen LogP contribution in [0, 0.1) is 11.8 Å². The van der Waals surface area contributed by atoms with E-state index in [1.54, 1.807) is 6.20 Å². The minimum Gasteiger partial charge on any atom is -0.381 e. The number of ether oxygens (including phenoxy) is 2. The van der Waals surface area contributed by atoms with Crippen LogP contribution in [-0.4, -0.2) is 52.3 Å². The largest absolute Gasteiger partial charge is 0.381 e. The topological polar surface area (TPSA) is 52.4 Å². The quantitative estimate of drug-likeness (QED) is 0.795. The molecular formula is C20H28N4O2. The summed E-state index contributed by atoms with van der Waals surface area (Å²) in [6.45, 7) is 7.39. The third-order valence-corrected chi connectivity index (χ3v) is 5.36. The monoisotopic (exact) mass is 356 g/mol. The second kappa shape index (κ2) is 8.75. The van der Waals surface area contributed by atoms with Crippen molar-refractivity contribution in [2.75, 3.05) is 32.9 Å². The van der Waals surface area contributed by atoms with Gasteiger partial charge in [-0.1, -0.05) is 6.07 Å². The van der Waals surface area contributed by atoms with Crippen molar-refractivity contribution in [3.8, 4) is 0 Å². The van der Waals surface area contributed by atoms with Crippen molar-refractivity contribution < 1.29 is 9.47 Å². The Labute approximate surface area is 155 Å². The van der Waals surface area contributed by atoms with Crippen molar-refractivity contribution in [3.63, 3.8) is 0 Å². The summed E-state index contributed by atoms with van der Waals surface area (Å²) in [5.74, 6) is 1.22. The summed E-state index contributed by atoms with van der Waals surface area (Å²) in [6.07, 6.45) is 10.00. The zero-order valence-corrected chi connectivity index (χ0v) is 15.3. The third kappa shape index (κ3) is 4.69. The first-order valence-electron chi connectivity index (χ1n) is 9.62. The van der Waals surface area contributed by atoms with E-state index in [1.807, 2.05) is 24.8 Å². The van der Waals surface area contributed by atoms with Gasteiger partial charge >= 0.3 is 0 Å². The Bertz CT molecular complexity index is 669. The van der Waals surface area contributed by atoms with E-state index < -0.39 is 0 Å². The van der Waals surface area contributed by atoms with Gasteiger partial charge in [0.2, 0.25) is 0 Å². The number of hydrogen-bond donors (Lipinski definition) is 0. The lowest BCUT2D eigenvalue weighted by atomic mass is 9.99. The van der Waals surface area contributed by atoms with Crippen molar-refractivity contribution in [1.29, 1.82) is 0 Å². The molecule has 0 aromatic carbocycles. The van der Waals surface area contributed by atoms with Gasteiger partial charge in [0.05, 0.1) is 25.2 Å². The smallest absolute Gasteiger partial charge is 0.0948 e. The normalized spacial score (nSPS) is 22.1. The van der Waals surface area contributed by atoms with Gasteiger partial charge in [0.15, 0.2) is 0 Å².